The fourth-order valence-corrected chi connectivity index (χ4v) is 2.34. The molecule has 0 aliphatic heterocycles. The molecule has 136 valence electrons. The summed E-state index contributed by atoms with van der Waals surface area (Å²) in [5.41, 5.74) is 1.37. The summed E-state index contributed by atoms with van der Waals surface area (Å²) in [6.07, 6.45) is 0. The van der Waals surface area contributed by atoms with Crippen LogP contribution in [-0.2, 0) is 0 Å². The molecule has 0 amide bonds. The summed E-state index contributed by atoms with van der Waals surface area (Å²) in [5, 5.41) is 25.8. The van der Waals surface area contributed by atoms with Crippen molar-refractivity contribution in [2.24, 2.45) is 0 Å². The van der Waals surface area contributed by atoms with Crippen molar-refractivity contribution in [1.82, 2.24) is 9.80 Å². The third kappa shape index (κ3) is 4.00. The molecule has 0 radical (unpaired) electrons. The first kappa shape index (κ1) is 19.0. The van der Waals surface area contributed by atoms with Crippen molar-refractivity contribution in [3.63, 3.8) is 0 Å². The number of hydrogen-bond donors (Lipinski definition) is 3. The Labute approximate surface area is 154 Å². The topological polar surface area (TPSA) is 84.5 Å². The number of hydrogen-bond acceptors (Lipinski definition) is 3. The number of guanidine groups is 3. The Morgan fingerprint density at radius 3 is 1.12 bits per heavy atom. The minimum atomic E-state index is -0.000185. The molecule has 0 saturated heterocycles. The van der Waals surface area contributed by atoms with Crippen molar-refractivity contribution in [2.45, 2.75) is 0 Å². The third-order valence-electron chi connectivity index (χ3n) is 3.72. The molecule has 7 nitrogen and oxygen atoms in total. The summed E-state index contributed by atoms with van der Waals surface area (Å²) < 4.78 is 0. The second-order valence-corrected chi connectivity index (χ2v) is 6.10. The molecule has 0 spiro atoms. The minimum absolute atomic E-state index is 0.000185. The van der Waals surface area contributed by atoms with Crippen LogP contribution < -0.4 is 9.80 Å². The van der Waals surface area contributed by atoms with E-state index in [0.717, 1.165) is 0 Å². The van der Waals surface area contributed by atoms with Crippen LogP contribution in [0.2, 0.25) is 0 Å². The van der Waals surface area contributed by atoms with E-state index >= 15 is 0 Å². The summed E-state index contributed by atoms with van der Waals surface area (Å²) in [6, 6.07) is 18.6. The van der Waals surface area contributed by atoms with Crippen LogP contribution in [0.3, 0.4) is 0 Å². The minimum Gasteiger partial charge on any atom is -0.348 e. The van der Waals surface area contributed by atoms with Crippen molar-refractivity contribution < 1.29 is 0 Å². The lowest BCUT2D eigenvalue weighted by atomic mass is 10.2. The highest BCUT2D eigenvalue weighted by Gasteiger charge is 2.28. The van der Waals surface area contributed by atoms with Gasteiger partial charge < -0.3 is 9.80 Å². The molecule has 2 aromatic carbocycles. The van der Waals surface area contributed by atoms with E-state index in [9.17, 15) is 0 Å². The molecular weight excluding hydrogens is 326 g/mol. The standard InChI is InChI=1S/C19H25N7/c1-23(2)17(20)25(15-11-7-5-8-12-15)19(22)26(18(21)24(3)4)16-13-9-6-10-14-16/h5-14,20-22H,1-4H3. The number of nitrogens with one attached hydrogen (secondary N) is 3. The van der Waals surface area contributed by atoms with Crippen LogP contribution in [0.25, 0.3) is 0 Å². The van der Waals surface area contributed by atoms with Gasteiger partial charge in [0.1, 0.15) is 0 Å². The molecule has 0 unspecified atom stereocenters. The molecule has 0 aliphatic carbocycles. The van der Waals surface area contributed by atoms with Crippen LogP contribution in [0, 0.1) is 16.2 Å². The Morgan fingerprint density at radius 2 is 0.846 bits per heavy atom. The summed E-state index contributed by atoms with van der Waals surface area (Å²) in [6.45, 7) is 0. The lowest BCUT2D eigenvalue weighted by molar-refractivity contribution is 0.602. The Hall–Kier alpha value is -3.35. The van der Waals surface area contributed by atoms with Crippen LogP contribution >= 0.6 is 0 Å². The Balaban J connectivity index is 2.55. The summed E-state index contributed by atoms with van der Waals surface area (Å²) in [7, 11) is 7.04. The van der Waals surface area contributed by atoms with Crippen molar-refractivity contribution >= 4 is 29.3 Å². The van der Waals surface area contributed by atoms with E-state index in [4.69, 9.17) is 16.2 Å². The average molecular weight is 351 g/mol. The highest BCUT2D eigenvalue weighted by atomic mass is 15.5. The van der Waals surface area contributed by atoms with E-state index in [0.29, 0.717) is 11.4 Å². The molecule has 0 aliphatic rings. The number of rotatable bonds is 2. The van der Waals surface area contributed by atoms with Gasteiger partial charge in [0.25, 0.3) is 0 Å². The monoisotopic (exact) mass is 351 g/mol. The normalized spacial score (nSPS) is 10.0. The van der Waals surface area contributed by atoms with Gasteiger partial charge in [0, 0.05) is 28.2 Å². The van der Waals surface area contributed by atoms with Crippen LogP contribution in [0.1, 0.15) is 0 Å². The maximum atomic E-state index is 8.84. The van der Waals surface area contributed by atoms with Crippen molar-refractivity contribution in [3.8, 4) is 0 Å². The van der Waals surface area contributed by atoms with Gasteiger partial charge in [0.2, 0.25) is 17.9 Å². The average Bonchev–Trinajstić information content (AvgIpc) is 2.63. The molecule has 0 heterocycles. The highest BCUT2D eigenvalue weighted by molar-refractivity contribution is 6.28. The number of para-hydroxylation sites is 2. The van der Waals surface area contributed by atoms with Gasteiger partial charge in [-0.2, -0.15) is 0 Å². The van der Waals surface area contributed by atoms with E-state index in [2.05, 4.69) is 0 Å². The fraction of sp³-hybridized carbons (Fsp3) is 0.211. The Morgan fingerprint density at radius 1 is 0.538 bits per heavy atom. The number of nitrogens with zero attached hydrogens (tertiary/aromatic N) is 4. The first-order chi connectivity index (χ1) is 12.3. The van der Waals surface area contributed by atoms with Gasteiger partial charge in [0.15, 0.2) is 0 Å². The van der Waals surface area contributed by atoms with Crippen molar-refractivity contribution in [2.75, 3.05) is 38.0 Å². The maximum absolute atomic E-state index is 8.84. The predicted molar refractivity (Wildman–Crippen MR) is 108 cm³/mol. The van der Waals surface area contributed by atoms with Crippen LogP contribution in [0.4, 0.5) is 11.4 Å². The molecule has 3 N–H and O–H groups in total. The predicted octanol–water partition coefficient (Wildman–Crippen LogP) is 2.93. The largest absolute Gasteiger partial charge is 0.348 e. The molecular formula is C19H25N7. The van der Waals surface area contributed by atoms with Crippen LogP contribution in [0.5, 0.6) is 0 Å². The van der Waals surface area contributed by atoms with Crippen LogP contribution in [-0.4, -0.2) is 55.9 Å². The zero-order valence-electron chi connectivity index (χ0n) is 15.6. The van der Waals surface area contributed by atoms with Gasteiger partial charge in [-0.15, -0.1) is 0 Å². The maximum Gasteiger partial charge on any atom is 0.217 e. The second-order valence-electron chi connectivity index (χ2n) is 6.10. The van der Waals surface area contributed by atoms with Gasteiger partial charge >= 0.3 is 0 Å². The van der Waals surface area contributed by atoms with Crippen molar-refractivity contribution in [1.29, 1.82) is 16.2 Å². The number of anilines is 2. The van der Waals surface area contributed by atoms with E-state index in [1.165, 1.54) is 9.80 Å². The number of benzene rings is 2. The summed E-state index contributed by atoms with van der Waals surface area (Å²) in [4.78, 5) is 6.27. The molecule has 0 bridgehead atoms. The first-order valence-corrected chi connectivity index (χ1v) is 8.15. The SMILES string of the molecule is CN(C)C(=N)N(C(=N)N(C(=N)N(C)C)c1ccccc1)c1ccccc1. The third-order valence-corrected chi connectivity index (χ3v) is 3.72. The lowest BCUT2D eigenvalue weighted by Crippen LogP contribution is -2.55. The van der Waals surface area contributed by atoms with Gasteiger partial charge in [0.05, 0.1) is 11.4 Å². The van der Waals surface area contributed by atoms with Gasteiger partial charge in [-0.3, -0.25) is 26.0 Å². The molecule has 0 fully saturated rings. The summed E-state index contributed by atoms with van der Waals surface area (Å²) in [5.74, 6) is 0.266. The van der Waals surface area contributed by atoms with E-state index in [-0.39, 0.29) is 17.9 Å². The Kier molecular flexibility index (Phi) is 5.95. The van der Waals surface area contributed by atoms with Crippen LogP contribution in [0.15, 0.2) is 60.7 Å². The fourth-order valence-electron chi connectivity index (χ4n) is 2.34. The second kappa shape index (κ2) is 8.15. The zero-order valence-corrected chi connectivity index (χ0v) is 15.6. The van der Waals surface area contributed by atoms with Gasteiger partial charge in [-0.05, 0) is 24.3 Å². The highest BCUT2D eigenvalue weighted by Crippen LogP contribution is 2.21. The lowest BCUT2D eigenvalue weighted by Gasteiger charge is -2.36. The molecule has 7 heteroatoms. The van der Waals surface area contributed by atoms with E-state index in [1.54, 1.807) is 38.0 Å². The molecule has 0 atom stereocenters. The quantitative estimate of drug-likeness (QED) is 0.574. The van der Waals surface area contributed by atoms with Crippen molar-refractivity contribution in [3.05, 3.63) is 60.7 Å². The smallest absolute Gasteiger partial charge is 0.217 e. The van der Waals surface area contributed by atoms with Gasteiger partial charge in [-0.25, -0.2) is 0 Å². The Bertz CT molecular complexity index is 703. The molecule has 2 aromatic rings. The summed E-state index contributed by atoms with van der Waals surface area (Å²) >= 11 is 0. The van der Waals surface area contributed by atoms with E-state index < -0.39 is 0 Å². The molecule has 0 aromatic heterocycles. The molecule has 0 saturated carbocycles. The first-order valence-electron chi connectivity index (χ1n) is 8.15. The zero-order chi connectivity index (χ0) is 19.3. The van der Waals surface area contributed by atoms with E-state index in [1.807, 2.05) is 60.7 Å². The molecule has 26 heavy (non-hydrogen) atoms. The molecule has 2 rings (SSSR count). The van der Waals surface area contributed by atoms with Gasteiger partial charge in [-0.1, -0.05) is 36.4 Å².